The molecule has 15 heavy (non-hydrogen) atoms. The third-order valence-electron chi connectivity index (χ3n) is 2.64. The second-order valence-electron chi connectivity index (χ2n) is 4.25. The van der Waals surface area contributed by atoms with Gasteiger partial charge in [0.2, 0.25) is 5.13 Å². The van der Waals surface area contributed by atoms with Crippen LogP contribution < -0.4 is 4.90 Å². The molecule has 0 unspecified atom stereocenters. The van der Waals surface area contributed by atoms with Crippen molar-refractivity contribution in [3.05, 3.63) is 5.82 Å². The first-order valence-electron chi connectivity index (χ1n) is 5.39. The molecule has 0 amide bonds. The van der Waals surface area contributed by atoms with E-state index in [9.17, 15) is 0 Å². The predicted octanol–water partition coefficient (Wildman–Crippen LogP) is 3.03. The van der Waals surface area contributed by atoms with Crippen LogP contribution in [0.5, 0.6) is 0 Å². The monoisotopic (exact) mass is 289 g/mol. The number of anilines is 1. The molecule has 0 radical (unpaired) electrons. The van der Waals surface area contributed by atoms with Gasteiger partial charge in [0.1, 0.15) is 5.82 Å². The average molecular weight is 290 g/mol. The summed E-state index contributed by atoms with van der Waals surface area (Å²) < 4.78 is 4.39. The Morgan fingerprint density at radius 1 is 1.40 bits per heavy atom. The van der Waals surface area contributed by atoms with Crippen LogP contribution in [0.3, 0.4) is 0 Å². The molecule has 1 aliphatic heterocycles. The summed E-state index contributed by atoms with van der Waals surface area (Å²) in [6, 6.07) is 0. The lowest BCUT2D eigenvalue weighted by molar-refractivity contribution is 0.595. The smallest absolute Gasteiger partial charge is 0.205 e. The fraction of sp³-hybridized carbons (Fsp3) is 0.800. The fourth-order valence-corrected chi connectivity index (χ4v) is 2.90. The van der Waals surface area contributed by atoms with Crippen LogP contribution in [0, 0.1) is 0 Å². The lowest BCUT2D eigenvalue weighted by Crippen LogP contribution is -2.33. The topological polar surface area (TPSA) is 29.0 Å². The van der Waals surface area contributed by atoms with Crippen LogP contribution in [-0.2, 0) is 0 Å². The van der Waals surface area contributed by atoms with E-state index < -0.39 is 0 Å². The van der Waals surface area contributed by atoms with Gasteiger partial charge in [-0.15, -0.1) is 0 Å². The Bertz CT molecular complexity index is 318. The number of halogens is 1. The highest BCUT2D eigenvalue weighted by molar-refractivity contribution is 9.09. The number of rotatable bonds is 2. The van der Waals surface area contributed by atoms with Crippen LogP contribution in [0.15, 0.2) is 0 Å². The van der Waals surface area contributed by atoms with Gasteiger partial charge in [-0.2, -0.15) is 4.37 Å². The maximum Gasteiger partial charge on any atom is 0.205 e. The van der Waals surface area contributed by atoms with Crippen molar-refractivity contribution in [1.82, 2.24) is 9.36 Å². The second kappa shape index (κ2) is 4.78. The number of hydrogen-bond acceptors (Lipinski definition) is 4. The highest BCUT2D eigenvalue weighted by atomic mass is 79.9. The normalized spacial score (nSPS) is 18.8. The van der Waals surface area contributed by atoms with Gasteiger partial charge in [0.25, 0.3) is 0 Å². The Morgan fingerprint density at radius 3 is 2.60 bits per heavy atom. The molecule has 0 N–H and O–H groups in total. The van der Waals surface area contributed by atoms with Gasteiger partial charge in [0.15, 0.2) is 0 Å². The fourth-order valence-electron chi connectivity index (χ4n) is 1.63. The molecule has 2 rings (SSSR count). The van der Waals surface area contributed by atoms with E-state index in [1.165, 1.54) is 24.4 Å². The van der Waals surface area contributed by atoms with Crippen LogP contribution >= 0.6 is 27.5 Å². The van der Waals surface area contributed by atoms with Crippen molar-refractivity contribution in [1.29, 1.82) is 0 Å². The molecule has 0 aliphatic carbocycles. The van der Waals surface area contributed by atoms with Crippen LogP contribution in [0.4, 0.5) is 5.13 Å². The third-order valence-corrected chi connectivity index (χ3v) is 4.35. The highest BCUT2D eigenvalue weighted by Gasteiger charge is 2.20. The summed E-state index contributed by atoms with van der Waals surface area (Å²) in [6.07, 6.45) is 2.41. The minimum atomic E-state index is 0.434. The van der Waals surface area contributed by atoms with Gasteiger partial charge in [-0.1, -0.05) is 29.8 Å². The van der Waals surface area contributed by atoms with Gasteiger partial charge in [-0.05, 0) is 12.8 Å². The van der Waals surface area contributed by atoms with E-state index >= 15 is 0 Å². The van der Waals surface area contributed by atoms with Gasteiger partial charge in [-0.25, -0.2) is 4.98 Å². The molecule has 0 saturated carbocycles. The average Bonchev–Trinajstić information content (AvgIpc) is 2.68. The first-order valence-corrected chi connectivity index (χ1v) is 7.08. The molecule has 84 valence electrons. The molecule has 1 aromatic rings. The predicted molar refractivity (Wildman–Crippen MR) is 68.2 cm³/mol. The molecule has 5 heteroatoms. The SMILES string of the molecule is CC(C)c1nsc(N2CCC(Br)CC2)n1. The van der Waals surface area contributed by atoms with Crippen molar-refractivity contribution in [3.8, 4) is 0 Å². The number of aromatic nitrogens is 2. The Hall–Kier alpha value is -0.160. The molecule has 1 aliphatic rings. The van der Waals surface area contributed by atoms with E-state index in [-0.39, 0.29) is 0 Å². The summed E-state index contributed by atoms with van der Waals surface area (Å²) in [5.41, 5.74) is 0. The Kier molecular flexibility index (Phi) is 3.61. The quantitative estimate of drug-likeness (QED) is 0.784. The first-order chi connectivity index (χ1) is 7.16. The first kappa shape index (κ1) is 11.3. The van der Waals surface area contributed by atoms with Crippen molar-refractivity contribution < 1.29 is 0 Å². The maximum absolute atomic E-state index is 4.58. The van der Waals surface area contributed by atoms with Crippen molar-refractivity contribution in [2.45, 2.75) is 37.4 Å². The van der Waals surface area contributed by atoms with E-state index in [1.54, 1.807) is 0 Å². The molecule has 0 bridgehead atoms. The molecular formula is C10H16BrN3S. The van der Waals surface area contributed by atoms with Crippen LogP contribution in [0.25, 0.3) is 0 Å². The van der Waals surface area contributed by atoms with Crippen LogP contribution in [0.2, 0.25) is 0 Å². The van der Waals surface area contributed by atoms with E-state index in [0.717, 1.165) is 24.0 Å². The zero-order valence-electron chi connectivity index (χ0n) is 9.11. The zero-order chi connectivity index (χ0) is 10.8. The van der Waals surface area contributed by atoms with Crippen molar-refractivity contribution >= 4 is 32.6 Å². The lowest BCUT2D eigenvalue weighted by Gasteiger charge is -2.28. The van der Waals surface area contributed by atoms with E-state index in [1.807, 2.05) is 0 Å². The summed E-state index contributed by atoms with van der Waals surface area (Å²) in [4.78, 5) is 7.61. The van der Waals surface area contributed by atoms with Crippen molar-refractivity contribution in [2.75, 3.05) is 18.0 Å². The van der Waals surface area contributed by atoms with Gasteiger partial charge in [0, 0.05) is 35.4 Å². The van der Waals surface area contributed by atoms with Gasteiger partial charge in [-0.3, -0.25) is 0 Å². The van der Waals surface area contributed by atoms with Crippen molar-refractivity contribution in [3.63, 3.8) is 0 Å². The highest BCUT2D eigenvalue weighted by Crippen LogP contribution is 2.26. The Balaban J connectivity index is 2.03. The standard InChI is InChI=1S/C10H16BrN3S/c1-7(2)9-12-10(15-13-9)14-5-3-8(11)4-6-14/h7-8H,3-6H2,1-2H3. The molecule has 3 nitrogen and oxygen atoms in total. The van der Waals surface area contributed by atoms with Gasteiger partial charge in [0.05, 0.1) is 0 Å². The number of alkyl halides is 1. The lowest BCUT2D eigenvalue weighted by atomic mass is 10.1. The molecule has 0 aromatic carbocycles. The van der Waals surface area contributed by atoms with E-state index in [4.69, 9.17) is 0 Å². The Labute approximate surface area is 103 Å². The molecule has 0 atom stereocenters. The minimum Gasteiger partial charge on any atom is -0.347 e. The second-order valence-corrected chi connectivity index (χ2v) is 6.28. The van der Waals surface area contributed by atoms with Gasteiger partial charge >= 0.3 is 0 Å². The molecular weight excluding hydrogens is 274 g/mol. The van der Waals surface area contributed by atoms with Crippen LogP contribution in [0.1, 0.15) is 38.4 Å². The molecule has 1 saturated heterocycles. The third kappa shape index (κ3) is 2.69. The van der Waals surface area contributed by atoms with Gasteiger partial charge < -0.3 is 4.90 Å². The van der Waals surface area contributed by atoms with E-state index in [2.05, 4.69) is 44.0 Å². The minimum absolute atomic E-state index is 0.434. The van der Waals surface area contributed by atoms with Crippen molar-refractivity contribution in [2.24, 2.45) is 0 Å². The maximum atomic E-state index is 4.58. The van der Waals surface area contributed by atoms with Crippen LogP contribution in [-0.4, -0.2) is 27.3 Å². The summed E-state index contributed by atoms with van der Waals surface area (Å²) >= 11 is 5.19. The zero-order valence-corrected chi connectivity index (χ0v) is 11.5. The molecule has 2 heterocycles. The summed E-state index contributed by atoms with van der Waals surface area (Å²) in [5, 5.41) is 1.10. The number of nitrogens with zero attached hydrogens (tertiary/aromatic N) is 3. The summed E-state index contributed by atoms with van der Waals surface area (Å²) in [6.45, 7) is 6.47. The molecule has 0 spiro atoms. The summed E-state index contributed by atoms with van der Waals surface area (Å²) in [7, 11) is 0. The Morgan fingerprint density at radius 2 is 2.07 bits per heavy atom. The largest absolute Gasteiger partial charge is 0.347 e. The number of piperidine rings is 1. The molecule has 1 aromatic heterocycles. The number of hydrogen-bond donors (Lipinski definition) is 0. The molecule has 1 fully saturated rings. The summed E-state index contributed by atoms with van der Waals surface area (Å²) in [5.74, 6) is 1.42. The van der Waals surface area contributed by atoms with E-state index in [0.29, 0.717) is 10.7 Å².